The first-order valence-electron chi connectivity index (χ1n) is 6.98. The number of ether oxygens (including phenoxy) is 1. The Bertz CT molecular complexity index is 618. The van der Waals surface area contributed by atoms with Crippen molar-refractivity contribution < 1.29 is 4.74 Å². The van der Waals surface area contributed by atoms with E-state index in [1.54, 1.807) is 18.4 Å². The molecule has 1 aromatic carbocycles. The fraction of sp³-hybridized carbons (Fsp3) is 0.533. The molecule has 2 heterocycles. The van der Waals surface area contributed by atoms with Crippen molar-refractivity contribution in [1.29, 1.82) is 0 Å². The molecule has 1 atom stereocenters. The standard InChI is InChI=1S/C15H21N3OS.ClH/c1-15(9-16)5-6-18(10-15)8-14-17-12-4-3-11(19-2)7-13(12)20-14;/h3-4,7H,5-6,8-10,16H2,1-2H3;1H. The SMILES string of the molecule is COc1ccc2nc(CN3CCC(C)(CN)C3)sc2c1.Cl. The Hall–Kier alpha value is -0.880. The molecule has 0 bridgehead atoms. The number of nitrogens with zero attached hydrogens (tertiary/aromatic N) is 2. The minimum atomic E-state index is 0. The first-order valence-corrected chi connectivity index (χ1v) is 7.79. The summed E-state index contributed by atoms with van der Waals surface area (Å²) in [5.41, 5.74) is 7.20. The Labute approximate surface area is 135 Å². The molecule has 1 aliphatic heterocycles. The lowest BCUT2D eigenvalue weighted by Crippen LogP contribution is -2.31. The summed E-state index contributed by atoms with van der Waals surface area (Å²) in [6.07, 6.45) is 1.18. The van der Waals surface area contributed by atoms with E-state index < -0.39 is 0 Å². The Kier molecular flexibility index (Phi) is 5.09. The number of rotatable bonds is 4. The van der Waals surface area contributed by atoms with E-state index in [2.05, 4.69) is 17.9 Å². The average Bonchev–Trinajstić information content (AvgIpc) is 3.02. The molecule has 0 saturated carbocycles. The van der Waals surface area contributed by atoms with E-state index in [0.717, 1.165) is 37.4 Å². The van der Waals surface area contributed by atoms with Crippen LogP contribution in [0.5, 0.6) is 5.75 Å². The topological polar surface area (TPSA) is 51.4 Å². The smallest absolute Gasteiger partial charge is 0.120 e. The summed E-state index contributed by atoms with van der Waals surface area (Å²) in [4.78, 5) is 7.18. The largest absolute Gasteiger partial charge is 0.497 e. The van der Waals surface area contributed by atoms with E-state index in [9.17, 15) is 0 Å². The van der Waals surface area contributed by atoms with Crippen molar-refractivity contribution in [3.05, 3.63) is 23.2 Å². The zero-order chi connectivity index (χ0) is 14.2. The predicted octanol–water partition coefficient (Wildman–Crippen LogP) is 2.90. The van der Waals surface area contributed by atoms with Crippen molar-refractivity contribution >= 4 is 34.0 Å². The summed E-state index contributed by atoms with van der Waals surface area (Å²) >= 11 is 1.76. The molecular weight excluding hydrogens is 306 g/mol. The molecule has 1 unspecified atom stereocenters. The number of nitrogens with two attached hydrogens (primary N) is 1. The van der Waals surface area contributed by atoms with Gasteiger partial charge in [0.2, 0.25) is 0 Å². The highest BCUT2D eigenvalue weighted by atomic mass is 35.5. The minimum Gasteiger partial charge on any atom is -0.497 e. The van der Waals surface area contributed by atoms with Gasteiger partial charge in [-0.25, -0.2) is 4.98 Å². The Balaban J connectivity index is 0.00000161. The number of fused-ring (bicyclic) bond motifs is 1. The van der Waals surface area contributed by atoms with Gasteiger partial charge in [-0.1, -0.05) is 6.92 Å². The number of thiazole rings is 1. The zero-order valence-corrected chi connectivity index (χ0v) is 14.1. The molecule has 2 N–H and O–H groups in total. The van der Waals surface area contributed by atoms with Gasteiger partial charge in [0.15, 0.2) is 0 Å². The number of aromatic nitrogens is 1. The van der Waals surface area contributed by atoms with Crippen LogP contribution in [0.15, 0.2) is 18.2 Å². The van der Waals surface area contributed by atoms with Crippen molar-refractivity contribution in [1.82, 2.24) is 9.88 Å². The molecule has 1 aromatic heterocycles. The number of likely N-dealkylation sites (tertiary alicyclic amines) is 1. The monoisotopic (exact) mass is 327 g/mol. The van der Waals surface area contributed by atoms with Crippen LogP contribution >= 0.6 is 23.7 Å². The van der Waals surface area contributed by atoms with Crippen LogP contribution in [0.4, 0.5) is 0 Å². The number of methoxy groups -OCH3 is 1. The van der Waals surface area contributed by atoms with Crippen LogP contribution in [0.3, 0.4) is 0 Å². The van der Waals surface area contributed by atoms with Gasteiger partial charge >= 0.3 is 0 Å². The fourth-order valence-corrected chi connectivity index (χ4v) is 3.80. The van der Waals surface area contributed by atoms with Gasteiger partial charge in [0.25, 0.3) is 0 Å². The second-order valence-corrected chi connectivity index (χ2v) is 7.03. The average molecular weight is 328 g/mol. The van der Waals surface area contributed by atoms with E-state index in [1.165, 1.54) is 16.1 Å². The summed E-state index contributed by atoms with van der Waals surface area (Å²) < 4.78 is 6.46. The van der Waals surface area contributed by atoms with Crippen LogP contribution in [0.1, 0.15) is 18.4 Å². The molecule has 1 aliphatic rings. The summed E-state index contributed by atoms with van der Waals surface area (Å²) in [6.45, 7) is 6.16. The maximum atomic E-state index is 5.86. The van der Waals surface area contributed by atoms with Crippen molar-refractivity contribution in [2.45, 2.75) is 19.9 Å². The molecule has 6 heteroatoms. The van der Waals surface area contributed by atoms with Crippen molar-refractivity contribution in [2.24, 2.45) is 11.1 Å². The van der Waals surface area contributed by atoms with Gasteiger partial charge in [0.05, 0.1) is 23.9 Å². The quantitative estimate of drug-likeness (QED) is 0.938. The lowest BCUT2D eigenvalue weighted by Gasteiger charge is -2.21. The lowest BCUT2D eigenvalue weighted by atomic mass is 9.90. The fourth-order valence-electron chi connectivity index (χ4n) is 2.77. The number of hydrogen-bond donors (Lipinski definition) is 1. The summed E-state index contributed by atoms with van der Waals surface area (Å²) in [7, 11) is 1.70. The second kappa shape index (κ2) is 6.48. The van der Waals surface area contributed by atoms with Gasteiger partial charge in [-0.05, 0) is 43.1 Å². The highest BCUT2D eigenvalue weighted by molar-refractivity contribution is 7.18. The molecule has 116 valence electrons. The molecule has 0 radical (unpaired) electrons. The van der Waals surface area contributed by atoms with E-state index >= 15 is 0 Å². The van der Waals surface area contributed by atoms with E-state index in [1.807, 2.05) is 12.1 Å². The first kappa shape index (κ1) is 16.5. The third kappa shape index (κ3) is 3.48. The number of halogens is 1. The molecular formula is C15H22ClN3OS. The van der Waals surface area contributed by atoms with Gasteiger partial charge in [0, 0.05) is 6.54 Å². The van der Waals surface area contributed by atoms with E-state index in [0.29, 0.717) is 0 Å². The minimum absolute atomic E-state index is 0. The lowest BCUT2D eigenvalue weighted by molar-refractivity contribution is 0.274. The van der Waals surface area contributed by atoms with Crippen LogP contribution in [0, 0.1) is 5.41 Å². The molecule has 0 spiro atoms. The van der Waals surface area contributed by atoms with Gasteiger partial charge in [-0.2, -0.15) is 0 Å². The summed E-state index contributed by atoms with van der Waals surface area (Å²) in [5, 5.41) is 1.18. The highest BCUT2D eigenvalue weighted by Crippen LogP contribution is 2.31. The maximum Gasteiger partial charge on any atom is 0.120 e. The van der Waals surface area contributed by atoms with Crippen molar-refractivity contribution in [3.8, 4) is 5.75 Å². The Morgan fingerprint density at radius 2 is 2.29 bits per heavy atom. The molecule has 2 aromatic rings. The van der Waals surface area contributed by atoms with Crippen LogP contribution in [0.2, 0.25) is 0 Å². The van der Waals surface area contributed by atoms with Crippen molar-refractivity contribution in [2.75, 3.05) is 26.7 Å². The molecule has 21 heavy (non-hydrogen) atoms. The van der Waals surface area contributed by atoms with Crippen LogP contribution < -0.4 is 10.5 Å². The van der Waals surface area contributed by atoms with Crippen LogP contribution in [-0.2, 0) is 6.54 Å². The predicted molar refractivity (Wildman–Crippen MR) is 90.5 cm³/mol. The van der Waals surface area contributed by atoms with E-state index in [-0.39, 0.29) is 17.8 Å². The molecule has 1 fully saturated rings. The molecule has 0 amide bonds. The number of benzene rings is 1. The van der Waals surface area contributed by atoms with Gasteiger partial charge in [-0.3, -0.25) is 4.90 Å². The molecule has 0 aliphatic carbocycles. The van der Waals surface area contributed by atoms with Gasteiger partial charge in [0.1, 0.15) is 10.8 Å². The highest BCUT2D eigenvalue weighted by Gasteiger charge is 2.32. The summed E-state index contributed by atoms with van der Waals surface area (Å²) in [5.74, 6) is 0.893. The second-order valence-electron chi connectivity index (χ2n) is 5.92. The normalized spacial score (nSPS) is 22.4. The van der Waals surface area contributed by atoms with Crippen LogP contribution in [-0.4, -0.2) is 36.6 Å². The molecule has 1 saturated heterocycles. The molecule has 4 nitrogen and oxygen atoms in total. The third-order valence-corrected chi connectivity index (χ3v) is 5.13. The zero-order valence-electron chi connectivity index (χ0n) is 12.5. The molecule has 3 rings (SSSR count). The van der Waals surface area contributed by atoms with Crippen LogP contribution in [0.25, 0.3) is 10.2 Å². The van der Waals surface area contributed by atoms with Crippen molar-refractivity contribution in [3.63, 3.8) is 0 Å². The Morgan fingerprint density at radius 1 is 1.48 bits per heavy atom. The first-order chi connectivity index (χ1) is 9.62. The van der Waals surface area contributed by atoms with Gasteiger partial charge < -0.3 is 10.5 Å². The summed E-state index contributed by atoms with van der Waals surface area (Å²) in [6, 6.07) is 6.06. The number of hydrogen-bond acceptors (Lipinski definition) is 5. The Morgan fingerprint density at radius 3 is 2.95 bits per heavy atom. The maximum absolute atomic E-state index is 5.86. The van der Waals surface area contributed by atoms with E-state index in [4.69, 9.17) is 15.5 Å². The third-order valence-electron chi connectivity index (χ3n) is 4.13. The van der Waals surface area contributed by atoms with Gasteiger partial charge in [-0.15, -0.1) is 23.7 Å².